The van der Waals surface area contributed by atoms with Crippen molar-refractivity contribution in [2.45, 2.75) is 44.6 Å². The number of hydrogen-bond donors (Lipinski definition) is 1. The summed E-state index contributed by atoms with van der Waals surface area (Å²) in [6, 6.07) is 15.4. The zero-order chi connectivity index (χ0) is 30.6. The molecule has 0 spiro atoms. The maximum atomic E-state index is 14.8. The Labute approximate surface area is 257 Å². The molecule has 0 amide bonds. The van der Waals surface area contributed by atoms with E-state index in [1.165, 1.54) is 6.07 Å². The summed E-state index contributed by atoms with van der Waals surface area (Å²) in [6.07, 6.45) is 3.62. The first-order chi connectivity index (χ1) is 21.2. The summed E-state index contributed by atoms with van der Waals surface area (Å²) >= 11 is 5.97. The molecule has 1 unspecified atom stereocenters. The van der Waals surface area contributed by atoms with Gasteiger partial charge in [0.2, 0.25) is 0 Å². The minimum Gasteiger partial charge on any atom is -0.478 e. The second-order valence-corrected chi connectivity index (χ2v) is 11.9. The van der Waals surface area contributed by atoms with Gasteiger partial charge in [0.1, 0.15) is 17.3 Å². The van der Waals surface area contributed by atoms with Crippen molar-refractivity contribution in [2.24, 2.45) is 7.05 Å². The lowest BCUT2D eigenvalue weighted by Crippen LogP contribution is -2.34. The number of halogens is 2. The summed E-state index contributed by atoms with van der Waals surface area (Å²) in [5, 5.41) is 18.2. The van der Waals surface area contributed by atoms with Crippen LogP contribution in [0, 0.1) is 5.82 Å². The van der Waals surface area contributed by atoms with Crippen molar-refractivity contribution in [1.29, 1.82) is 0 Å². The number of nitrogens with zero attached hydrogens (tertiary/aromatic N) is 6. The molecule has 44 heavy (non-hydrogen) atoms. The fourth-order valence-corrected chi connectivity index (χ4v) is 6.43. The van der Waals surface area contributed by atoms with Crippen LogP contribution < -0.4 is 9.47 Å². The number of fused-ring (bicyclic) bond motifs is 2. The monoisotopic (exact) mass is 616 g/mol. The van der Waals surface area contributed by atoms with Gasteiger partial charge in [0.25, 0.3) is 5.79 Å². The molecule has 0 bridgehead atoms. The van der Waals surface area contributed by atoms with Crippen LogP contribution >= 0.6 is 11.6 Å². The number of aromatic nitrogens is 5. The molecular weight excluding hydrogens is 587 g/mol. The van der Waals surface area contributed by atoms with Crippen LogP contribution in [0.2, 0.25) is 5.02 Å². The van der Waals surface area contributed by atoms with Crippen LogP contribution in [0.5, 0.6) is 11.5 Å². The molecule has 0 radical (unpaired) electrons. The highest BCUT2D eigenvalue weighted by molar-refractivity contribution is 6.30. The molecule has 0 aliphatic carbocycles. The van der Waals surface area contributed by atoms with E-state index in [4.69, 9.17) is 26.1 Å². The second-order valence-electron chi connectivity index (χ2n) is 11.5. The largest absolute Gasteiger partial charge is 0.478 e. The lowest BCUT2D eigenvalue weighted by molar-refractivity contribution is -0.0712. The number of piperidine rings is 1. The van der Waals surface area contributed by atoms with Crippen molar-refractivity contribution in [3.8, 4) is 11.5 Å². The van der Waals surface area contributed by atoms with Crippen LogP contribution in [0.4, 0.5) is 4.39 Å². The molecule has 0 saturated carbocycles. The molecule has 1 atom stereocenters. The number of aryl methyl sites for hydroxylation is 1. The number of carbonyl (C=O) groups is 1. The first-order valence-corrected chi connectivity index (χ1v) is 14.8. The van der Waals surface area contributed by atoms with Gasteiger partial charge in [-0.25, -0.2) is 14.2 Å². The lowest BCUT2D eigenvalue weighted by Gasteiger charge is -2.32. The molecule has 1 N–H and O–H groups in total. The summed E-state index contributed by atoms with van der Waals surface area (Å²) in [5.74, 6) is -0.432. The predicted octanol–water partition coefficient (Wildman–Crippen LogP) is 5.73. The number of carboxylic acid groups (broad SMARTS) is 1. The number of para-hydroxylation sites is 1. The third-order valence-electron chi connectivity index (χ3n) is 8.47. The standard InChI is InChI=1S/C32H30ClFN6O4/c1-32(24-8-7-21(33)15-25(24)34)43-28-5-3-4-23(30(28)44-32)19-10-12-39(13-11-19)18-29-35-26-9-6-20(31(41)42)14-27(26)40(29)17-22-16-38(2)37-36-22/h3-9,14-16,19H,10-13,17-18H2,1-2H3,(H,41,42). The smallest absolute Gasteiger partial charge is 0.335 e. The van der Waals surface area contributed by atoms with E-state index in [1.807, 2.05) is 29.9 Å². The Morgan fingerprint density at radius 2 is 1.93 bits per heavy atom. The van der Waals surface area contributed by atoms with Crippen LogP contribution in [0.15, 0.2) is 60.8 Å². The highest BCUT2D eigenvalue weighted by Crippen LogP contribution is 2.49. The van der Waals surface area contributed by atoms with Crippen molar-refractivity contribution in [2.75, 3.05) is 13.1 Å². The molecule has 226 valence electrons. The van der Waals surface area contributed by atoms with Gasteiger partial charge in [0.15, 0.2) is 11.5 Å². The normalized spacial score (nSPS) is 18.7. The Balaban J connectivity index is 1.10. The highest BCUT2D eigenvalue weighted by atomic mass is 35.5. The number of imidazole rings is 1. The number of aromatic carboxylic acids is 1. The quantitative estimate of drug-likeness (QED) is 0.247. The van der Waals surface area contributed by atoms with Gasteiger partial charge in [0, 0.05) is 30.8 Å². The van der Waals surface area contributed by atoms with Gasteiger partial charge in [-0.3, -0.25) is 9.58 Å². The van der Waals surface area contributed by atoms with E-state index in [-0.39, 0.29) is 11.5 Å². The number of carboxylic acids is 1. The first-order valence-electron chi connectivity index (χ1n) is 14.4. The maximum absolute atomic E-state index is 14.8. The number of hydrogen-bond acceptors (Lipinski definition) is 7. The van der Waals surface area contributed by atoms with Crippen molar-refractivity contribution in [3.05, 3.63) is 99.8 Å². The minimum atomic E-state index is -1.30. The topological polar surface area (TPSA) is 108 Å². The minimum absolute atomic E-state index is 0.210. The van der Waals surface area contributed by atoms with E-state index in [0.717, 1.165) is 54.0 Å². The van der Waals surface area contributed by atoms with E-state index in [2.05, 4.69) is 21.3 Å². The molecule has 10 nitrogen and oxygen atoms in total. The molecule has 1 saturated heterocycles. The molecule has 5 aromatic rings. The number of ether oxygens (including phenoxy) is 2. The van der Waals surface area contributed by atoms with Crippen molar-refractivity contribution in [3.63, 3.8) is 0 Å². The summed E-state index contributed by atoms with van der Waals surface area (Å²) in [6.45, 7) is 4.41. The van der Waals surface area contributed by atoms with Crippen molar-refractivity contribution >= 4 is 28.6 Å². The number of rotatable bonds is 7. The fraction of sp³-hybridized carbons (Fsp3) is 0.312. The van der Waals surface area contributed by atoms with Crippen LogP contribution in [0.1, 0.15) is 58.7 Å². The van der Waals surface area contributed by atoms with Crippen LogP contribution in [-0.4, -0.2) is 53.6 Å². The van der Waals surface area contributed by atoms with Crippen LogP contribution in [-0.2, 0) is 25.9 Å². The highest BCUT2D eigenvalue weighted by Gasteiger charge is 2.43. The third kappa shape index (κ3) is 5.16. The summed E-state index contributed by atoms with van der Waals surface area (Å²) in [5.41, 5.74) is 3.80. The van der Waals surface area contributed by atoms with E-state index in [0.29, 0.717) is 35.2 Å². The maximum Gasteiger partial charge on any atom is 0.335 e. The summed E-state index contributed by atoms with van der Waals surface area (Å²) in [7, 11) is 1.81. The zero-order valence-electron chi connectivity index (χ0n) is 24.2. The molecule has 12 heteroatoms. The number of likely N-dealkylation sites (tertiary alicyclic amines) is 1. The van der Waals surface area contributed by atoms with Crippen LogP contribution in [0.3, 0.4) is 0 Å². The zero-order valence-corrected chi connectivity index (χ0v) is 25.0. The van der Waals surface area contributed by atoms with Gasteiger partial charge in [-0.15, -0.1) is 5.10 Å². The van der Waals surface area contributed by atoms with E-state index < -0.39 is 17.6 Å². The third-order valence-corrected chi connectivity index (χ3v) is 8.70. The lowest BCUT2D eigenvalue weighted by atomic mass is 9.88. The fourth-order valence-electron chi connectivity index (χ4n) is 6.27. The molecule has 2 aliphatic heterocycles. The van der Waals surface area contributed by atoms with E-state index in [1.54, 1.807) is 41.9 Å². The van der Waals surface area contributed by atoms with Gasteiger partial charge < -0.3 is 19.1 Å². The molecule has 2 aromatic heterocycles. The average Bonchev–Trinajstić information content (AvgIpc) is 3.67. The Bertz CT molecular complexity index is 1900. The van der Waals surface area contributed by atoms with Gasteiger partial charge in [-0.05, 0) is 74.3 Å². The molecule has 1 fully saturated rings. The van der Waals surface area contributed by atoms with Gasteiger partial charge in [0.05, 0.1) is 35.2 Å². The molecule has 3 aromatic carbocycles. The Morgan fingerprint density at radius 1 is 1.11 bits per heavy atom. The molecular formula is C32H30ClFN6O4. The first kappa shape index (κ1) is 28.3. The second kappa shape index (κ2) is 10.9. The summed E-state index contributed by atoms with van der Waals surface area (Å²) < 4.78 is 31.0. The predicted molar refractivity (Wildman–Crippen MR) is 161 cm³/mol. The number of benzene rings is 3. The SMILES string of the molecule is Cn1cc(Cn2c(CN3CCC(c4cccc5c4OC(C)(c4ccc(Cl)cc4F)O5)CC3)nc3ccc(C(=O)O)cc32)nn1. The average molecular weight is 617 g/mol. The summed E-state index contributed by atoms with van der Waals surface area (Å²) in [4.78, 5) is 18.9. The van der Waals surface area contributed by atoms with E-state index in [9.17, 15) is 14.3 Å². The molecule has 7 rings (SSSR count). The Hall–Kier alpha value is -4.48. The van der Waals surface area contributed by atoms with E-state index >= 15 is 0 Å². The van der Waals surface area contributed by atoms with Crippen LogP contribution in [0.25, 0.3) is 11.0 Å². The van der Waals surface area contributed by atoms with Gasteiger partial charge >= 0.3 is 5.97 Å². The van der Waals surface area contributed by atoms with Crippen molar-refractivity contribution in [1.82, 2.24) is 29.4 Å². The Morgan fingerprint density at radius 3 is 2.66 bits per heavy atom. The van der Waals surface area contributed by atoms with Crippen molar-refractivity contribution < 1.29 is 23.8 Å². The Kier molecular flexibility index (Phi) is 7.01. The van der Waals surface area contributed by atoms with Gasteiger partial charge in [-0.1, -0.05) is 28.9 Å². The molecule has 4 heterocycles. The molecule has 2 aliphatic rings. The van der Waals surface area contributed by atoms with Gasteiger partial charge in [-0.2, -0.15) is 0 Å².